The standard InChI is InChI=1S/C23H20N2O3/c1-3-28-23(26)20-14-24-21-18-7-5-4-6-15(18)8-13-19(21)22(20)25-16-9-11-17(27-2)12-10-16/h4-14H,3H2,1-2H3,(H,24,25). The quantitative estimate of drug-likeness (QED) is 0.380. The third kappa shape index (κ3) is 3.22. The number of fused-ring (bicyclic) bond motifs is 3. The largest absolute Gasteiger partial charge is 0.497 e. The molecule has 0 saturated carbocycles. The molecule has 0 fully saturated rings. The SMILES string of the molecule is CCOC(=O)c1cnc2c(ccc3ccccc32)c1Nc1ccc(OC)cc1. The number of carbonyl (C=O) groups excluding carboxylic acids is 1. The summed E-state index contributed by atoms with van der Waals surface area (Å²) in [6.45, 7) is 2.09. The Hall–Kier alpha value is -3.60. The van der Waals surface area contributed by atoms with Crippen LogP contribution in [0.5, 0.6) is 5.75 Å². The highest BCUT2D eigenvalue weighted by molar-refractivity contribution is 6.13. The lowest BCUT2D eigenvalue weighted by atomic mass is 10.0. The predicted octanol–water partition coefficient (Wildman–Crippen LogP) is 5.32. The highest BCUT2D eigenvalue weighted by Crippen LogP contribution is 2.33. The molecule has 0 atom stereocenters. The Morgan fingerprint density at radius 2 is 1.79 bits per heavy atom. The minimum Gasteiger partial charge on any atom is -0.497 e. The van der Waals surface area contributed by atoms with Crippen LogP contribution in [0.2, 0.25) is 0 Å². The van der Waals surface area contributed by atoms with E-state index in [1.54, 1.807) is 20.2 Å². The van der Waals surface area contributed by atoms with Gasteiger partial charge in [0.15, 0.2) is 0 Å². The van der Waals surface area contributed by atoms with Gasteiger partial charge in [0.05, 0.1) is 24.9 Å². The summed E-state index contributed by atoms with van der Waals surface area (Å²) >= 11 is 0. The molecule has 140 valence electrons. The number of anilines is 2. The minimum absolute atomic E-state index is 0.302. The summed E-state index contributed by atoms with van der Waals surface area (Å²) in [6, 6.07) is 19.6. The summed E-state index contributed by atoms with van der Waals surface area (Å²) < 4.78 is 10.5. The van der Waals surface area contributed by atoms with E-state index in [-0.39, 0.29) is 0 Å². The van der Waals surface area contributed by atoms with Crippen LogP contribution in [0.3, 0.4) is 0 Å². The van der Waals surface area contributed by atoms with Crippen molar-refractivity contribution in [2.75, 3.05) is 19.0 Å². The molecule has 5 nitrogen and oxygen atoms in total. The van der Waals surface area contributed by atoms with Crippen LogP contribution < -0.4 is 10.1 Å². The number of ether oxygens (including phenoxy) is 2. The van der Waals surface area contributed by atoms with Gasteiger partial charge < -0.3 is 14.8 Å². The maximum absolute atomic E-state index is 12.5. The lowest BCUT2D eigenvalue weighted by Gasteiger charge is -2.15. The molecule has 28 heavy (non-hydrogen) atoms. The van der Waals surface area contributed by atoms with E-state index >= 15 is 0 Å². The number of nitrogens with zero attached hydrogens (tertiary/aromatic N) is 1. The highest BCUT2D eigenvalue weighted by atomic mass is 16.5. The number of rotatable bonds is 5. The molecule has 1 N–H and O–H groups in total. The average Bonchev–Trinajstić information content (AvgIpc) is 2.74. The van der Waals surface area contributed by atoms with Gasteiger partial charge >= 0.3 is 5.97 Å². The first-order valence-corrected chi connectivity index (χ1v) is 9.10. The molecular formula is C23H20N2O3. The van der Waals surface area contributed by atoms with E-state index in [2.05, 4.69) is 10.3 Å². The van der Waals surface area contributed by atoms with Gasteiger partial charge in [-0.3, -0.25) is 4.98 Å². The molecule has 0 amide bonds. The fraction of sp³-hybridized carbons (Fsp3) is 0.130. The molecule has 0 aliphatic carbocycles. The van der Waals surface area contributed by atoms with Crippen molar-refractivity contribution < 1.29 is 14.3 Å². The number of pyridine rings is 1. The van der Waals surface area contributed by atoms with Gasteiger partial charge in [-0.2, -0.15) is 0 Å². The summed E-state index contributed by atoms with van der Waals surface area (Å²) in [7, 11) is 1.63. The zero-order chi connectivity index (χ0) is 19.5. The number of methoxy groups -OCH3 is 1. The Morgan fingerprint density at radius 1 is 1.00 bits per heavy atom. The van der Waals surface area contributed by atoms with Crippen LogP contribution in [0.4, 0.5) is 11.4 Å². The van der Waals surface area contributed by atoms with Crippen LogP contribution in [-0.2, 0) is 4.74 Å². The van der Waals surface area contributed by atoms with Crippen molar-refractivity contribution in [1.29, 1.82) is 0 Å². The monoisotopic (exact) mass is 372 g/mol. The van der Waals surface area contributed by atoms with E-state index in [1.807, 2.05) is 60.7 Å². The summed E-state index contributed by atoms with van der Waals surface area (Å²) in [5, 5.41) is 6.37. The molecule has 0 radical (unpaired) electrons. The maximum Gasteiger partial charge on any atom is 0.341 e. The Labute approximate surface area is 162 Å². The van der Waals surface area contributed by atoms with Crippen LogP contribution in [0.1, 0.15) is 17.3 Å². The van der Waals surface area contributed by atoms with Gasteiger partial charge in [-0.1, -0.05) is 36.4 Å². The van der Waals surface area contributed by atoms with Crippen LogP contribution in [0, 0.1) is 0 Å². The molecule has 0 spiro atoms. The van der Waals surface area contributed by atoms with Crippen molar-refractivity contribution in [3.8, 4) is 5.75 Å². The molecular weight excluding hydrogens is 352 g/mol. The maximum atomic E-state index is 12.5. The van der Waals surface area contributed by atoms with Gasteiger partial charge in [0.1, 0.15) is 11.3 Å². The molecule has 0 bridgehead atoms. The molecule has 5 heteroatoms. The van der Waals surface area contributed by atoms with Crippen LogP contribution in [0.25, 0.3) is 21.7 Å². The number of nitrogens with one attached hydrogen (secondary N) is 1. The first kappa shape index (κ1) is 17.8. The zero-order valence-electron chi connectivity index (χ0n) is 15.7. The second-order valence-corrected chi connectivity index (χ2v) is 6.30. The highest BCUT2D eigenvalue weighted by Gasteiger charge is 2.18. The summed E-state index contributed by atoms with van der Waals surface area (Å²) in [5.41, 5.74) is 2.76. The van der Waals surface area contributed by atoms with E-state index in [0.717, 1.165) is 33.1 Å². The predicted molar refractivity (Wildman–Crippen MR) is 111 cm³/mol. The third-order valence-electron chi connectivity index (χ3n) is 4.62. The fourth-order valence-corrected chi connectivity index (χ4v) is 3.25. The number of hydrogen-bond donors (Lipinski definition) is 1. The lowest BCUT2D eigenvalue weighted by Crippen LogP contribution is -2.09. The first-order chi connectivity index (χ1) is 13.7. The second kappa shape index (κ2) is 7.56. The lowest BCUT2D eigenvalue weighted by molar-refractivity contribution is 0.0527. The third-order valence-corrected chi connectivity index (χ3v) is 4.62. The van der Waals surface area contributed by atoms with Crippen molar-refractivity contribution in [1.82, 2.24) is 4.98 Å². The Balaban J connectivity index is 1.91. The van der Waals surface area contributed by atoms with Crippen molar-refractivity contribution in [2.24, 2.45) is 0 Å². The van der Waals surface area contributed by atoms with E-state index in [0.29, 0.717) is 17.9 Å². The van der Waals surface area contributed by atoms with Gasteiger partial charge in [0, 0.05) is 22.7 Å². The van der Waals surface area contributed by atoms with Crippen LogP contribution in [0.15, 0.2) is 66.9 Å². The van der Waals surface area contributed by atoms with Crippen LogP contribution in [-0.4, -0.2) is 24.7 Å². The fourth-order valence-electron chi connectivity index (χ4n) is 3.25. The molecule has 0 unspecified atom stereocenters. The van der Waals surface area contributed by atoms with Crippen molar-refractivity contribution >= 4 is 39.0 Å². The molecule has 1 heterocycles. The number of hydrogen-bond acceptors (Lipinski definition) is 5. The normalized spacial score (nSPS) is 10.8. The molecule has 4 rings (SSSR count). The molecule has 0 aliphatic heterocycles. The topological polar surface area (TPSA) is 60.5 Å². The molecule has 0 saturated heterocycles. The van der Waals surface area contributed by atoms with Crippen molar-refractivity contribution in [3.05, 3.63) is 72.4 Å². The number of benzene rings is 3. The Kier molecular flexibility index (Phi) is 4.81. The van der Waals surface area contributed by atoms with E-state index in [4.69, 9.17) is 9.47 Å². The molecule has 0 aliphatic rings. The van der Waals surface area contributed by atoms with Crippen molar-refractivity contribution in [3.63, 3.8) is 0 Å². The van der Waals surface area contributed by atoms with Gasteiger partial charge in [0.2, 0.25) is 0 Å². The molecule has 1 aromatic heterocycles. The van der Waals surface area contributed by atoms with Gasteiger partial charge in [-0.25, -0.2) is 4.79 Å². The van der Waals surface area contributed by atoms with Crippen LogP contribution >= 0.6 is 0 Å². The number of carbonyl (C=O) groups is 1. The van der Waals surface area contributed by atoms with E-state index in [1.165, 1.54) is 0 Å². The van der Waals surface area contributed by atoms with Crippen molar-refractivity contribution in [2.45, 2.75) is 6.92 Å². The Morgan fingerprint density at radius 3 is 2.54 bits per heavy atom. The van der Waals surface area contributed by atoms with E-state index in [9.17, 15) is 4.79 Å². The smallest absolute Gasteiger partial charge is 0.341 e. The second-order valence-electron chi connectivity index (χ2n) is 6.30. The Bertz CT molecular complexity index is 1150. The summed E-state index contributed by atoms with van der Waals surface area (Å²) in [4.78, 5) is 17.1. The van der Waals surface area contributed by atoms with Gasteiger partial charge in [-0.05, 0) is 36.6 Å². The number of aromatic nitrogens is 1. The number of esters is 1. The summed E-state index contributed by atoms with van der Waals surface area (Å²) in [6.07, 6.45) is 1.58. The summed E-state index contributed by atoms with van der Waals surface area (Å²) in [5.74, 6) is 0.364. The van der Waals surface area contributed by atoms with Gasteiger partial charge in [-0.15, -0.1) is 0 Å². The first-order valence-electron chi connectivity index (χ1n) is 9.10. The van der Waals surface area contributed by atoms with E-state index < -0.39 is 5.97 Å². The average molecular weight is 372 g/mol. The minimum atomic E-state index is -0.402. The molecule has 4 aromatic rings. The molecule has 3 aromatic carbocycles. The zero-order valence-corrected chi connectivity index (χ0v) is 15.7. The van der Waals surface area contributed by atoms with Gasteiger partial charge in [0.25, 0.3) is 0 Å².